The number of amides is 1. The molecule has 1 aliphatic heterocycles. The van der Waals surface area contributed by atoms with Gasteiger partial charge in [0.1, 0.15) is 0 Å². The molecule has 0 aromatic carbocycles. The van der Waals surface area contributed by atoms with Crippen LogP contribution < -0.4 is 10.6 Å². The second-order valence-electron chi connectivity index (χ2n) is 5.30. The van der Waals surface area contributed by atoms with Crippen LogP contribution in [0, 0.1) is 0 Å². The fourth-order valence-electron chi connectivity index (χ4n) is 2.15. The fraction of sp³-hybridized carbons (Fsp3) is 0.615. The van der Waals surface area contributed by atoms with E-state index in [9.17, 15) is 4.79 Å². The molecule has 0 saturated carbocycles. The molecule has 0 spiro atoms. The summed E-state index contributed by atoms with van der Waals surface area (Å²) in [7, 11) is 1.83. The molecule has 0 radical (unpaired) electrons. The molecule has 106 valence electrons. The van der Waals surface area contributed by atoms with Gasteiger partial charge in [0.15, 0.2) is 0 Å². The van der Waals surface area contributed by atoms with Gasteiger partial charge in [-0.25, -0.2) is 0 Å². The molecule has 1 aromatic rings. The minimum absolute atomic E-state index is 0.0444. The summed E-state index contributed by atoms with van der Waals surface area (Å²) >= 11 is 7.40. The van der Waals surface area contributed by atoms with Crippen molar-refractivity contribution >= 4 is 28.8 Å². The normalized spacial score (nSPS) is 22.7. The standard InChI is InChI=1S/C13H20ClN3OS/c1-13(5-6-15-9-13)16-7-12(18)17(2)8-10-3-4-11(14)19-10/h3-4,15-16H,5-9H2,1-2H3. The molecule has 19 heavy (non-hydrogen) atoms. The molecule has 1 aromatic heterocycles. The summed E-state index contributed by atoms with van der Waals surface area (Å²) in [6, 6.07) is 3.83. The lowest BCUT2D eigenvalue weighted by atomic mass is 10.0. The molecule has 2 N–H and O–H groups in total. The van der Waals surface area contributed by atoms with Gasteiger partial charge in [0.2, 0.25) is 5.91 Å². The number of nitrogens with one attached hydrogen (secondary N) is 2. The summed E-state index contributed by atoms with van der Waals surface area (Å²) in [5, 5.41) is 6.66. The summed E-state index contributed by atoms with van der Waals surface area (Å²) in [6.07, 6.45) is 1.06. The zero-order chi connectivity index (χ0) is 13.9. The molecule has 2 rings (SSSR count). The Balaban J connectivity index is 1.79. The van der Waals surface area contributed by atoms with E-state index in [4.69, 9.17) is 11.6 Å². The van der Waals surface area contributed by atoms with Crippen LogP contribution in [0.15, 0.2) is 12.1 Å². The topological polar surface area (TPSA) is 44.4 Å². The first-order valence-corrected chi connectivity index (χ1v) is 7.62. The summed E-state index contributed by atoms with van der Waals surface area (Å²) in [6.45, 7) is 5.09. The lowest BCUT2D eigenvalue weighted by Crippen LogP contribution is -2.48. The average molecular weight is 302 g/mol. The molecule has 1 unspecified atom stereocenters. The minimum Gasteiger partial charge on any atom is -0.340 e. The van der Waals surface area contributed by atoms with Crippen LogP contribution in [0.25, 0.3) is 0 Å². The van der Waals surface area contributed by atoms with Gasteiger partial charge < -0.3 is 15.5 Å². The van der Waals surface area contributed by atoms with Crippen molar-refractivity contribution in [2.75, 3.05) is 26.7 Å². The molecule has 1 atom stereocenters. The average Bonchev–Trinajstić information content (AvgIpc) is 2.96. The number of halogens is 1. The predicted octanol–water partition coefficient (Wildman–Crippen LogP) is 1.70. The molecule has 2 heterocycles. The molecule has 0 bridgehead atoms. The van der Waals surface area contributed by atoms with Crippen molar-refractivity contribution < 1.29 is 4.79 Å². The monoisotopic (exact) mass is 301 g/mol. The fourth-order valence-corrected chi connectivity index (χ4v) is 3.29. The number of carbonyl (C=O) groups excluding carboxylic acids is 1. The smallest absolute Gasteiger partial charge is 0.236 e. The molecule has 0 aliphatic carbocycles. The molecule has 1 aliphatic rings. The molecular formula is C13H20ClN3OS. The van der Waals surface area contributed by atoms with E-state index in [0.717, 1.165) is 28.7 Å². The quantitative estimate of drug-likeness (QED) is 0.870. The van der Waals surface area contributed by atoms with E-state index in [2.05, 4.69) is 17.6 Å². The summed E-state index contributed by atoms with van der Waals surface area (Å²) in [4.78, 5) is 14.9. The third-order valence-electron chi connectivity index (χ3n) is 3.48. The lowest BCUT2D eigenvalue weighted by molar-refractivity contribution is -0.129. The van der Waals surface area contributed by atoms with Gasteiger partial charge in [-0.05, 0) is 32.0 Å². The zero-order valence-corrected chi connectivity index (χ0v) is 12.9. The molecule has 4 nitrogen and oxygen atoms in total. The highest BCUT2D eigenvalue weighted by Gasteiger charge is 2.28. The number of hydrogen-bond donors (Lipinski definition) is 2. The number of nitrogens with zero attached hydrogens (tertiary/aromatic N) is 1. The second-order valence-corrected chi connectivity index (χ2v) is 7.10. The van der Waals surface area contributed by atoms with Crippen LogP contribution in [-0.4, -0.2) is 43.0 Å². The van der Waals surface area contributed by atoms with Crippen molar-refractivity contribution in [3.8, 4) is 0 Å². The van der Waals surface area contributed by atoms with Crippen molar-refractivity contribution in [2.24, 2.45) is 0 Å². The maximum atomic E-state index is 12.1. The second kappa shape index (κ2) is 6.22. The van der Waals surface area contributed by atoms with Gasteiger partial charge in [0, 0.05) is 24.0 Å². The zero-order valence-electron chi connectivity index (χ0n) is 11.3. The van der Waals surface area contributed by atoms with Gasteiger partial charge in [-0.2, -0.15) is 0 Å². The molecule has 6 heteroatoms. The van der Waals surface area contributed by atoms with E-state index in [1.54, 1.807) is 4.90 Å². The van der Waals surface area contributed by atoms with E-state index >= 15 is 0 Å². The maximum absolute atomic E-state index is 12.1. The van der Waals surface area contributed by atoms with Crippen LogP contribution in [0.3, 0.4) is 0 Å². The minimum atomic E-state index is 0.0444. The number of rotatable bonds is 5. The van der Waals surface area contributed by atoms with Crippen molar-refractivity contribution in [1.82, 2.24) is 15.5 Å². The molecule has 1 amide bonds. The number of thiophene rings is 1. The summed E-state index contributed by atoms with van der Waals surface area (Å²) in [5.41, 5.74) is 0.0444. The largest absolute Gasteiger partial charge is 0.340 e. The van der Waals surface area contributed by atoms with Gasteiger partial charge >= 0.3 is 0 Å². The van der Waals surface area contributed by atoms with Crippen molar-refractivity contribution in [2.45, 2.75) is 25.4 Å². The van der Waals surface area contributed by atoms with Crippen LogP contribution in [0.2, 0.25) is 4.34 Å². The van der Waals surface area contributed by atoms with Crippen molar-refractivity contribution in [3.05, 3.63) is 21.3 Å². The Morgan fingerprint density at radius 3 is 3.00 bits per heavy atom. The Morgan fingerprint density at radius 1 is 1.63 bits per heavy atom. The molecule has 1 fully saturated rings. The number of carbonyl (C=O) groups is 1. The first-order valence-electron chi connectivity index (χ1n) is 6.42. The molecule has 1 saturated heterocycles. The van der Waals surface area contributed by atoms with Gasteiger partial charge in [0.25, 0.3) is 0 Å². The Bertz CT molecular complexity index is 443. The lowest BCUT2D eigenvalue weighted by Gasteiger charge is -2.26. The first-order chi connectivity index (χ1) is 8.98. The van der Waals surface area contributed by atoms with Crippen LogP contribution in [-0.2, 0) is 11.3 Å². The predicted molar refractivity (Wildman–Crippen MR) is 79.7 cm³/mol. The van der Waals surface area contributed by atoms with Crippen LogP contribution in [0.1, 0.15) is 18.2 Å². The van der Waals surface area contributed by atoms with Gasteiger partial charge in [-0.15, -0.1) is 11.3 Å². The summed E-state index contributed by atoms with van der Waals surface area (Å²) in [5.74, 6) is 0.109. The Hall–Kier alpha value is -0.620. The van der Waals surface area contributed by atoms with Crippen LogP contribution in [0.4, 0.5) is 0 Å². The van der Waals surface area contributed by atoms with Crippen LogP contribution >= 0.6 is 22.9 Å². The third kappa shape index (κ3) is 4.18. The Morgan fingerprint density at radius 2 is 2.42 bits per heavy atom. The highest BCUT2D eigenvalue weighted by atomic mass is 35.5. The Labute approximate surface area is 123 Å². The van der Waals surface area contributed by atoms with Crippen molar-refractivity contribution in [3.63, 3.8) is 0 Å². The summed E-state index contributed by atoms with van der Waals surface area (Å²) < 4.78 is 0.763. The van der Waals surface area contributed by atoms with Gasteiger partial charge in [-0.1, -0.05) is 11.6 Å². The van der Waals surface area contributed by atoms with Gasteiger partial charge in [-0.3, -0.25) is 4.79 Å². The van der Waals surface area contributed by atoms with Crippen LogP contribution in [0.5, 0.6) is 0 Å². The number of likely N-dealkylation sites (N-methyl/N-ethyl adjacent to an activating group) is 1. The Kier molecular flexibility index (Phi) is 4.84. The van der Waals surface area contributed by atoms with E-state index in [1.165, 1.54) is 11.3 Å². The van der Waals surface area contributed by atoms with Crippen molar-refractivity contribution in [1.29, 1.82) is 0 Å². The first kappa shape index (κ1) is 14.8. The number of hydrogen-bond acceptors (Lipinski definition) is 4. The molecular weight excluding hydrogens is 282 g/mol. The van der Waals surface area contributed by atoms with E-state index < -0.39 is 0 Å². The highest BCUT2D eigenvalue weighted by molar-refractivity contribution is 7.16. The maximum Gasteiger partial charge on any atom is 0.236 e. The third-order valence-corrected chi connectivity index (χ3v) is 4.70. The van der Waals surface area contributed by atoms with E-state index in [1.807, 2.05) is 19.2 Å². The van der Waals surface area contributed by atoms with Gasteiger partial charge in [0.05, 0.1) is 17.4 Å². The van der Waals surface area contributed by atoms with E-state index in [-0.39, 0.29) is 11.4 Å². The van der Waals surface area contributed by atoms with E-state index in [0.29, 0.717) is 13.1 Å². The highest BCUT2D eigenvalue weighted by Crippen LogP contribution is 2.22. The SMILES string of the molecule is CN(Cc1ccc(Cl)s1)C(=O)CNC1(C)CCNC1.